The average molecular weight is 248 g/mol. The molecule has 0 amide bonds. The van der Waals surface area contributed by atoms with E-state index in [0.29, 0.717) is 6.61 Å². The number of hydrogen-bond acceptors (Lipinski definition) is 3. The number of nitriles is 1. The van der Waals surface area contributed by atoms with Crippen molar-refractivity contribution in [1.82, 2.24) is 5.32 Å². The molecular formula is C14H17FN2O. The van der Waals surface area contributed by atoms with Crippen molar-refractivity contribution in [3.63, 3.8) is 0 Å². The van der Waals surface area contributed by atoms with Gasteiger partial charge in [-0.25, -0.2) is 4.39 Å². The molecule has 0 heterocycles. The first kappa shape index (κ1) is 14.4. The highest BCUT2D eigenvalue weighted by Gasteiger charge is 2.01. The monoisotopic (exact) mass is 248 g/mol. The molecule has 0 unspecified atom stereocenters. The number of benzene rings is 1. The molecule has 0 saturated heterocycles. The molecule has 1 rings (SSSR count). The molecule has 0 radical (unpaired) electrons. The second-order valence-corrected chi connectivity index (χ2v) is 4.01. The van der Waals surface area contributed by atoms with E-state index in [4.69, 9.17) is 10.00 Å². The molecule has 1 aromatic carbocycles. The van der Waals surface area contributed by atoms with Crippen LogP contribution in [0, 0.1) is 17.1 Å². The minimum Gasteiger partial charge on any atom is -0.383 e. The van der Waals surface area contributed by atoms with Crippen molar-refractivity contribution in [1.29, 1.82) is 5.26 Å². The molecule has 3 nitrogen and oxygen atoms in total. The first-order valence-corrected chi connectivity index (χ1v) is 5.74. The van der Waals surface area contributed by atoms with Gasteiger partial charge in [-0.2, -0.15) is 5.26 Å². The highest BCUT2D eigenvalue weighted by atomic mass is 19.1. The van der Waals surface area contributed by atoms with E-state index in [1.54, 1.807) is 19.2 Å². The van der Waals surface area contributed by atoms with E-state index < -0.39 is 5.82 Å². The fourth-order valence-corrected chi connectivity index (χ4v) is 1.51. The topological polar surface area (TPSA) is 45.0 Å². The average Bonchev–Trinajstić information content (AvgIpc) is 2.37. The Morgan fingerprint density at radius 3 is 3.00 bits per heavy atom. The molecule has 18 heavy (non-hydrogen) atoms. The molecule has 0 bridgehead atoms. The van der Waals surface area contributed by atoms with E-state index >= 15 is 0 Å². The molecular weight excluding hydrogens is 231 g/mol. The van der Waals surface area contributed by atoms with Gasteiger partial charge in [0.05, 0.1) is 12.2 Å². The quantitative estimate of drug-likeness (QED) is 0.786. The van der Waals surface area contributed by atoms with Crippen molar-refractivity contribution in [2.75, 3.05) is 26.8 Å². The van der Waals surface area contributed by atoms with Gasteiger partial charge in [0.2, 0.25) is 0 Å². The van der Waals surface area contributed by atoms with Crippen LogP contribution in [-0.4, -0.2) is 26.8 Å². The van der Waals surface area contributed by atoms with Crippen molar-refractivity contribution in [3.05, 3.63) is 40.7 Å². The molecule has 1 N–H and O–H groups in total. The molecule has 0 aliphatic heterocycles. The highest BCUT2D eigenvalue weighted by molar-refractivity contribution is 5.55. The number of rotatable bonds is 6. The third kappa shape index (κ3) is 4.66. The summed E-state index contributed by atoms with van der Waals surface area (Å²) in [4.78, 5) is 0. The maximum Gasteiger partial charge on any atom is 0.140 e. The summed E-state index contributed by atoms with van der Waals surface area (Å²) in [6, 6.07) is 6.36. The molecule has 1 aromatic rings. The maximum atomic E-state index is 13.1. The van der Waals surface area contributed by atoms with Crippen molar-refractivity contribution < 1.29 is 9.13 Å². The van der Waals surface area contributed by atoms with E-state index in [-0.39, 0.29) is 5.56 Å². The Morgan fingerprint density at radius 2 is 2.33 bits per heavy atom. The zero-order valence-corrected chi connectivity index (χ0v) is 10.7. The first-order valence-electron chi connectivity index (χ1n) is 5.74. The lowest BCUT2D eigenvalue weighted by molar-refractivity contribution is 0.200. The Labute approximate surface area is 107 Å². The second kappa shape index (κ2) is 7.59. The van der Waals surface area contributed by atoms with Crippen LogP contribution in [0.2, 0.25) is 0 Å². The lowest BCUT2D eigenvalue weighted by Crippen LogP contribution is -2.20. The number of nitrogens with zero attached hydrogens (tertiary/aromatic N) is 1. The summed E-state index contributed by atoms with van der Waals surface area (Å²) in [6.07, 6.45) is 1.93. The standard InChI is InChI=1S/C14H17FN2O/c1-11(10-17-5-6-18-2)7-12-3-4-14(15)13(8-12)9-16/h3-4,7-8,17H,5-6,10H2,1-2H3/b11-7+. The van der Waals surface area contributed by atoms with Gasteiger partial charge in [0.15, 0.2) is 0 Å². The van der Waals surface area contributed by atoms with Crippen LogP contribution >= 0.6 is 0 Å². The summed E-state index contributed by atoms with van der Waals surface area (Å²) in [5.74, 6) is -0.481. The van der Waals surface area contributed by atoms with Gasteiger partial charge in [-0.3, -0.25) is 0 Å². The van der Waals surface area contributed by atoms with Gasteiger partial charge < -0.3 is 10.1 Å². The van der Waals surface area contributed by atoms with Crippen LogP contribution in [0.25, 0.3) is 6.08 Å². The molecule has 0 aliphatic carbocycles. The van der Waals surface area contributed by atoms with E-state index in [2.05, 4.69) is 5.32 Å². The van der Waals surface area contributed by atoms with Gasteiger partial charge in [0.1, 0.15) is 11.9 Å². The van der Waals surface area contributed by atoms with Crippen molar-refractivity contribution in [2.24, 2.45) is 0 Å². The van der Waals surface area contributed by atoms with Crippen LogP contribution < -0.4 is 5.32 Å². The van der Waals surface area contributed by atoms with Crippen molar-refractivity contribution in [3.8, 4) is 6.07 Å². The van der Waals surface area contributed by atoms with E-state index in [0.717, 1.165) is 24.2 Å². The SMILES string of the molecule is COCCNC/C(C)=C/c1ccc(F)c(C#N)c1. The molecule has 0 spiro atoms. The highest BCUT2D eigenvalue weighted by Crippen LogP contribution is 2.12. The number of ether oxygens (including phenoxy) is 1. The van der Waals surface area contributed by atoms with Crippen molar-refractivity contribution in [2.45, 2.75) is 6.92 Å². The van der Waals surface area contributed by atoms with Gasteiger partial charge >= 0.3 is 0 Å². The Kier molecular flexibility index (Phi) is 6.06. The van der Waals surface area contributed by atoms with Gasteiger partial charge in [-0.15, -0.1) is 0 Å². The van der Waals surface area contributed by atoms with Crippen LogP contribution in [-0.2, 0) is 4.74 Å². The van der Waals surface area contributed by atoms with E-state index in [9.17, 15) is 4.39 Å². The summed E-state index contributed by atoms with van der Waals surface area (Å²) < 4.78 is 18.1. The first-order chi connectivity index (χ1) is 8.67. The van der Waals surface area contributed by atoms with Crippen LogP contribution in [0.4, 0.5) is 4.39 Å². The zero-order chi connectivity index (χ0) is 13.4. The number of nitrogens with one attached hydrogen (secondary N) is 1. The van der Waals surface area contributed by atoms with Gasteiger partial charge in [0, 0.05) is 20.2 Å². The number of methoxy groups -OCH3 is 1. The van der Waals surface area contributed by atoms with Crippen LogP contribution in [0.15, 0.2) is 23.8 Å². The lowest BCUT2D eigenvalue weighted by Gasteiger charge is -2.04. The molecule has 0 aromatic heterocycles. The van der Waals surface area contributed by atoms with E-state index in [1.165, 1.54) is 6.07 Å². The Morgan fingerprint density at radius 1 is 1.56 bits per heavy atom. The smallest absolute Gasteiger partial charge is 0.140 e. The fraction of sp³-hybridized carbons (Fsp3) is 0.357. The summed E-state index contributed by atoms with van der Waals surface area (Å²) in [6.45, 7) is 4.18. The van der Waals surface area contributed by atoms with Gasteiger partial charge in [-0.05, 0) is 24.6 Å². The number of hydrogen-bond donors (Lipinski definition) is 1. The van der Waals surface area contributed by atoms with Gasteiger partial charge in [-0.1, -0.05) is 17.7 Å². The van der Waals surface area contributed by atoms with Crippen LogP contribution in [0.3, 0.4) is 0 Å². The number of halogens is 1. The summed E-state index contributed by atoms with van der Waals surface area (Å²) in [5, 5.41) is 12.0. The largest absolute Gasteiger partial charge is 0.383 e. The predicted octanol–water partition coefficient (Wildman–Crippen LogP) is 2.34. The molecule has 0 fully saturated rings. The molecule has 96 valence electrons. The minimum absolute atomic E-state index is 0.0730. The molecule has 4 heteroatoms. The molecule has 0 aliphatic rings. The summed E-state index contributed by atoms with van der Waals surface area (Å²) in [5.41, 5.74) is 2.02. The molecule has 0 atom stereocenters. The van der Waals surface area contributed by atoms with E-state index in [1.807, 2.05) is 19.1 Å². The van der Waals surface area contributed by atoms with Gasteiger partial charge in [0.25, 0.3) is 0 Å². The normalized spacial score (nSPS) is 11.3. The predicted molar refractivity (Wildman–Crippen MR) is 69.5 cm³/mol. The Hall–Kier alpha value is -1.70. The summed E-state index contributed by atoms with van der Waals surface area (Å²) >= 11 is 0. The molecule has 0 saturated carbocycles. The fourth-order valence-electron chi connectivity index (χ4n) is 1.51. The zero-order valence-electron chi connectivity index (χ0n) is 10.7. The minimum atomic E-state index is -0.481. The third-order valence-electron chi connectivity index (χ3n) is 2.41. The van der Waals surface area contributed by atoms with Crippen LogP contribution in [0.5, 0.6) is 0 Å². The van der Waals surface area contributed by atoms with Crippen molar-refractivity contribution >= 4 is 6.08 Å². The summed E-state index contributed by atoms with van der Waals surface area (Å²) in [7, 11) is 1.66. The third-order valence-corrected chi connectivity index (χ3v) is 2.41. The maximum absolute atomic E-state index is 13.1. The lowest BCUT2D eigenvalue weighted by atomic mass is 10.1. The Balaban J connectivity index is 2.62. The Bertz CT molecular complexity index is 463. The second-order valence-electron chi connectivity index (χ2n) is 4.01. The van der Waals surface area contributed by atoms with Crippen LogP contribution in [0.1, 0.15) is 18.1 Å².